The Morgan fingerprint density at radius 1 is 1.33 bits per heavy atom. The van der Waals surface area contributed by atoms with Gasteiger partial charge in [-0.3, -0.25) is 15.3 Å². The summed E-state index contributed by atoms with van der Waals surface area (Å²) in [7, 11) is 0. The summed E-state index contributed by atoms with van der Waals surface area (Å²) in [5, 5.41) is 16.3. The van der Waals surface area contributed by atoms with Gasteiger partial charge < -0.3 is 11.1 Å². The van der Waals surface area contributed by atoms with Crippen molar-refractivity contribution in [3.8, 4) is 0 Å². The Labute approximate surface area is 104 Å². The Morgan fingerprint density at radius 2 is 2.06 bits per heavy atom. The number of H-pyrrole nitrogens is 1. The molecule has 5 N–H and O–H groups in total. The highest BCUT2D eigenvalue weighted by atomic mass is 16.1. The zero-order chi connectivity index (χ0) is 13.0. The van der Waals surface area contributed by atoms with Crippen LogP contribution in [0.2, 0.25) is 0 Å². The fourth-order valence-electron chi connectivity index (χ4n) is 1.46. The predicted molar refractivity (Wildman–Crippen MR) is 67.2 cm³/mol. The topological polar surface area (TPSA) is 108 Å². The number of hydrogen-bond donors (Lipinski definition) is 4. The fraction of sp³-hybridized carbons (Fsp3) is 0.0833. The molecule has 0 fully saturated rings. The zero-order valence-corrected chi connectivity index (χ0v) is 9.60. The van der Waals surface area contributed by atoms with Crippen molar-refractivity contribution >= 4 is 11.7 Å². The number of nitrogens with zero attached hydrogens (tertiary/aromatic N) is 1. The number of nitrogens with one attached hydrogen (secondary N) is 3. The third kappa shape index (κ3) is 2.73. The van der Waals surface area contributed by atoms with E-state index in [1.165, 1.54) is 12.4 Å². The molecule has 1 heterocycles. The molecule has 1 aromatic carbocycles. The van der Waals surface area contributed by atoms with Crippen molar-refractivity contribution in [1.82, 2.24) is 15.5 Å². The van der Waals surface area contributed by atoms with Crippen LogP contribution in [0, 0.1) is 5.41 Å². The molecule has 6 nitrogen and oxygen atoms in total. The summed E-state index contributed by atoms with van der Waals surface area (Å²) in [6.07, 6.45) is 3.00. The highest BCUT2D eigenvalue weighted by Crippen LogP contribution is 2.04. The highest BCUT2D eigenvalue weighted by molar-refractivity contribution is 5.95. The molecule has 0 aliphatic heterocycles. The summed E-state index contributed by atoms with van der Waals surface area (Å²) in [4.78, 5) is 11.6. The van der Waals surface area contributed by atoms with Gasteiger partial charge in [0.15, 0.2) is 0 Å². The highest BCUT2D eigenvalue weighted by Gasteiger charge is 2.05. The number of nitrogens with two attached hydrogens (primary N) is 1. The van der Waals surface area contributed by atoms with E-state index >= 15 is 0 Å². The van der Waals surface area contributed by atoms with Crippen LogP contribution in [0.15, 0.2) is 36.7 Å². The minimum atomic E-state index is -0.181. The van der Waals surface area contributed by atoms with E-state index in [0.29, 0.717) is 17.7 Å². The lowest BCUT2D eigenvalue weighted by Crippen LogP contribution is -2.22. The van der Waals surface area contributed by atoms with Crippen molar-refractivity contribution < 1.29 is 4.79 Å². The maximum Gasteiger partial charge on any atom is 0.254 e. The van der Waals surface area contributed by atoms with E-state index in [4.69, 9.17) is 11.1 Å². The lowest BCUT2D eigenvalue weighted by Gasteiger charge is -2.04. The molecular formula is C12H13N5O. The largest absolute Gasteiger partial charge is 0.384 e. The molecule has 2 rings (SSSR count). The number of amidine groups is 1. The third-order valence-electron chi connectivity index (χ3n) is 2.48. The average Bonchev–Trinajstić information content (AvgIpc) is 2.90. The van der Waals surface area contributed by atoms with Crippen LogP contribution in [-0.4, -0.2) is 21.9 Å². The van der Waals surface area contributed by atoms with Crippen LogP contribution in [0.25, 0.3) is 0 Å². The monoisotopic (exact) mass is 243 g/mol. The van der Waals surface area contributed by atoms with Crippen LogP contribution in [0.1, 0.15) is 21.5 Å². The summed E-state index contributed by atoms with van der Waals surface area (Å²) in [6.45, 7) is 0.419. The van der Waals surface area contributed by atoms with E-state index in [0.717, 1.165) is 5.56 Å². The van der Waals surface area contributed by atoms with Gasteiger partial charge in [0.1, 0.15) is 5.84 Å². The first-order chi connectivity index (χ1) is 8.66. The molecule has 92 valence electrons. The maximum absolute atomic E-state index is 11.6. The summed E-state index contributed by atoms with van der Waals surface area (Å²) < 4.78 is 0. The van der Waals surface area contributed by atoms with Crippen molar-refractivity contribution in [2.75, 3.05) is 0 Å². The van der Waals surface area contributed by atoms with Gasteiger partial charge in [-0.1, -0.05) is 24.3 Å². The van der Waals surface area contributed by atoms with E-state index in [1.54, 1.807) is 12.1 Å². The van der Waals surface area contributed by atoms with Gasteiger partial charge in [-0.15, -0.1) is 0 Å². The molecule has 0 bridgehead atoms. The standard InChI is InChI=1S/C12H13N5O/c13-11(14)9-3-1-8(2-4-9)5-15-12(18)10-6-16-17-7-10/h1-4,6-7H,5H2,(H3,13,14)(H,15,18)(H,16,17). The molecule has 2 aromatic rings. The quantitative estimate of drug-likeness (QED) is 0.467. The first kappa shape index (κ1) is 11.8. The van der Waals surface area contributed by atoms with Gasteiger partial charge in [0.2, 0.25) is 0 Å². The first-order valence-corrected chi connectivity index (χ1v) is 5.37. The van der Waals surface area contributed by atoms with Gasteiger partial charge in [-0.25, -0.2) is 0 Å². The number of nitrogen functional groups attached to an aromatic ring is 1. The first-order valence-electron chi connectivity index (χ1n) is 5.37. The number of aromatic nitrogens is 2. The Balaban J connectivity index is 1.94. The van der Waals surface area contributed by atoms with Crippen molar-refractivity contribution in [2.24, 2.45) is 5.73 Å². The third-order valence-corrected chi connectivity index (χ3v) is 2.48. The number of amides is 1. The predicted octanol–water partition coefficient (Wildman–Crippen LogP) is 0.624. The van der Waals surface area contributed by atoms with Crippen LogP contribution in [0.4, 0.5) is 0 Å². The summed E-state index contributed by atoms with van der Waals surface area (Å²) in [5.74, 6) is -0.150. The molecule has 0 unspecified atom stereocenters. The van der Waals surface area contributed by atoms with E-state index in [1.807, 2.05) is 12.1 Å². The molecule has 0 radical (unpaired) electrons. The number of hydrogen-bond acceptors (Lipinski definition) is 3. The van der Waals surface area contributed by atoms with Crippen LogP contribution in [0.5, 0.6) is 0 Å². The Morgan fingerprint density at radius 3 is 2.61 bits per heavy atom. The van der Waals surface area contributed by atoms with E-state index < -0.39 is 0 Å². The minimum absolute atomic E-state index is 0.0315. The van der Waals surface area contributed by atoms with Gasteiger partial charge >= 0.3 is 0 Å². The molecular weight excluding hydrogens is 230 g/mol. The van der Waals surface area contributed by atoms with Crippen molar-refractivity contribution in [3.05, 3.63) is 53.3 Å². The Bertz CT molecular complexity index is 544. The molecule has 0 aliphatic rings. The second kappa shape index (κ2) is 5.13. The second-order valence-electron chi connectivity index (χ2n) is 3.78. The van der Waals surface area contributed by atoms with Crippen molar-refractivity contribution in [2.45, 2.75) is 6.54 Å². The molecule has 6 heteroatoms. The van der Waals surface area contributed by atoms with Gasteiger partial charge in [0.25, 0.3) is 5.91 Å². The van der Waals surface area contributed by atoms with Crippen LogP contribution in [-0.2, 0) is 6.54 Å². The summed E-state index contributed by atoms with van der Waals surface area (Å²) >= 11 is 0. The number of benzene rings is 1. The summed E-state index contributed by atoms with van der Waals surface area (Å²) in [6, 6.07) is 7.15. The molecule has 0 aliphatic carbocycles. The van der Waals surface area contributed by atoms with Crippen LogP contribution < -0.4 is 11.1 Å². The fourth-order valence-corrected chi connectivity index (χ4v) is 1.46. The lowest BCUT2D eigenvalue weighted by atomic mass is 10.1. The Hall–Kier alpha value is -2.63. The zero-order valence-electron chi connectivity index (χ0n) is 9.60. The lowest BCUT2D eigenvalue weighted by molar-refractivity contribution is 0.0951. The molecule has 1 aromatic heterocycles. The van der Waals surface area contributed by atoms with Gasteiger partial charge in [0.05, 0.1) is 11.8 Å². The molecule has 0 saturated heterocycles. The number of rotatable bonds is 4. The van der Waals surface area contributed by atoms with Gasteiger partial charge in [-0.2, -0.15) is 5.10 Å². The summed E-state index contributed by atoms with van der Waals surface area (Å²) in [5.41, 5.74) is 7.46. The Kier molecular flexibility index (Phi) is 3.38. The number of carbonyl (C=O) groups excluding carboxylic acids is 1. The van der Waals surface area contributed by atoms with Crippen LogP contribution in [0.3, 0.4) is 0 Å². The average molecular weight is 243 g/mol. The normalized spacial score (nSPS) is 10.0. The SMILES string of the molecule is N=C(N)c1ccc(CNC(=O)c2cn[nH]c2)cc1. The molecule has 0 atom stereocenters. The van der Waals surface area contributed by atoms with E-state index in [9.17, 15) is 4.79 Å². The van der Waals surface area contributed by atoms with Gasteiger partial charge in [0, 0.05) is 18.3 Å². The van der Waals surface area contributed by atoms with Gasteiger partial charge in [-0.05, 0) is 5.56 Å². The molecule has 18 heavy (non-hydrogen) atoms. The minimum Gasteiger partial charge on any atom is -0.384 e. The number of carbonyl (C=O) groups is 1. The molecule has 0 saturated carbocycles. The smallest absolute Gasteiger partial charge is 0.254 e. The molecule has 1 amide bonds. The maximum atomic E-state index is 11.6. The van der Waals surface area contributed by atoms with Crippen molar-refractivity contribution in [3.63, 3.8) is 0 Å². The van der Waals surface area contributed by atoms with E-state index in [-0.39, 0.29) is 11.7 Å². The number of aromatic amines is 1. The van der Waals surface area contributed by atoms with E-state index in [2.05, 4.69) is 15.5 Å². The second-order valence-corrected chi connectivity index (χ2v) is 3.78. The van der Waals surface area contributed by atoms with Crippen LogP contribution >= 0.6 is 0 Å². The van der Waals surface area contributed by atoms with Crippen molar-refractivity contribution in [1.29, 1.82) is 5.41 Å². The molecule has 0 spiro atoms.